The summed E-state index contributed by atoms with van der Waals surface area (Å²) < 4.78 is 14.8. The molecular formula is C12H11FN2O2. The van der Waals surface area contributed by atoms with E-state index in [1.165, 1.54) is 18.2 Å². The van der Waals surface area contributed by atoms with Crippen molar-refractivity contribution in [1.82, 2.24) is 4.40 Å². The fraction of sp³-hybridized carbons (Fsp3) is 0.167. The van der Waals surface area contributed by atoms with Gasteiger partial charge in [0.1, 0.15) is 5.82 Å². The third-order valence-corrected chi connectivity index (χ3v) is 2.58. The highest BCUT2D eigenvalue weighted by atomic mass is 19.1. The highest BCUT2D eigenvalue weighted by Crippen LogP contribution is 2.18. The molecule has 0 N–H and O–H groups in total. The van der Waals surface area contributed by atoms with E-state index in [2.05, 4.69) is 0 Å². The van der Waals surface area contributed by atoms with Gasteiger partial charge in [0, 0.05) is 30.5 Å². The first kappa shape index (κ1) is 11.3. The zero-order valence-corrected chi connectivity index (χ0v) is 9.26. The van der Waals surface area contributed by atoms with Gasteiger partial charge >= 0.3 is 0 Å². The van der Waals surface area contributed by atoms with Gasteiger partial charge in [-0.3, -0.25) is 10.1 Å². The van der Waals surface area contributed by atoms with E-state index in [9.17, 15) is 14.5 Å². The van der Waals surface area contributed by atoms with Gasteiger partial charge in [0.2, 0.25) is 5.70 Å². The lowest BCUT2D eigenvalue weighted by molar-refractivity contribution is -0.425. The Morgan fingerprint density at radius 3 is 2.88 bits per heavy atom. The fourth-order valence-electron chi connectivity index (χ4n) is 1.68. The molecule has 0 saturated carbocycles. The quantitative estimate of drug-likeness (QED) is 0.605. The van der Waals surface area contributed by atoms with E-state index in [1.54, 1.807) is 29.8 Å². The topological polar surface area (TPSA) is 47.5 Å². The van der Waals surface area contributed by atoms with Gasteiger partial charge in [-0.2, -0.15) is 0 Å². The van der Waals surface area contributed by atoms with Crippen LogP contribution in [0.5, 0.6) is 0 Å². The molecule has 0 amide bonds. The number of nitrogens with zero attached hydrogens (tertiary/aromatic N) is 2. The summed E-state index contributed by atoms with van der Waals surface area (Å²) >= 11 is 0. The van der Waals surface area contributed by atoms with Gasteiger partial charge in [0.05, 0.1) is 10.4 Å². The standard InChI is InChI=1S/C12H11FN2O2/c1-2-11(15(16)17)7-9-3-5-14-6-4-10(13)8-12(9)14/h3-8H,2H2,1H3/b11-7+. The summed E-state index contributed by atoms with van der Waals surface area (Å²) in [5, 5.41) is 10.7. The zero-order valence-electron chi connectivity index (χ0n) is 9.26. The largest absolute Gasteiger partial charge is 0.323 e. The monoisotopic (exact) mass is 234 g/mol. The van der Waals surface area contributed by atoms with Crippen molar-refractivity contribution in [3.8, 4) is 0 Å². The molecular weight excluding hydrogens is 223 g/mol. The molecule has 0 spiro atoms. The summed E-state index contributed by atoms with van der Waals surface area (Å²) in [6.45, 7) is 1.72. The second kappa shape index (κ2) is 4.37. The van der Waals surface area contributed by atoms with Crippen LogP contribution in [0.1, 0.15) is 18.9 Å². The zero-order chi connectivity index (χ0) is 12.4. The predicted octanol–water partition coefficient (Wildman–Crippen LogP) is 3.11. The first-order chi connectivity index (χ1) is 8.11. The number of fused-ring (bicyclic) bond motifs is 1. The maximum Gasteiger partial charge on any atom is 0.246 e. The Kier molecular flexibility index (Phi) is 2.91. The van der Waals surface area contributed by atoms with Crippen LogP contribution >= 0.6 is 0 Å². The maximum atomic E-state index is 13.1. The molecule has 0 atom stereocenters. The molecule has 0 aliphatic carbocycles. The Hall–Kier alpha value is -2.17. The molecule has 0 saturated heterocycles. The van der Waals surface area contributed by atoms with E-state index < -0.39 is 4.92 Å². The van der Waals surface area contributed by atoms with Crippen molar-refractivity contribution < 1.29 is 9.31 Å². The molecule has 0 aliphatic rings. The highest BCUT2D eigenvalue weighted by Gasteiger charge is 2.09. The van der Waals surface area contributed by atoms with Crippen molar-refractivity contribution >= 4 is 11.6 Å². The summed E-state index contributed by atoms with van der Waals surface area (Å²) in [5.41, 5.74) is 1.39. The third-order valence-electron chi connectivity index (χ3n) is 2.58. The van der Waals surface area contributed by atoms with Crippen LogP contribution in [0.3, 0.4) is 0 Å². The number of hydrogen-bond acceptors (Lipinski definition) is 2. The lowest BCUT2D eigenvalue weighted by Gasteiger charge is -1.97. The molecule has 0 bridgehead atoms. The van der Waals surface area contributed by atoms with E-state index in [0.29, 0.717) is 17.5 Å². The summed E-state index contributed by atoms with van der Waals surface area (Å²) in [6, 6.07) is 4.43. The lowest BCUT2D eigenvalue weighted by atomic mass is 10.2. The molecule has 17 heavy (non-hydrogen) atoms. The minimum atomic E-state index is -0.414. The van der Waals surface area contributed by atoms with Crippen molar-refractivity contribution in [2.24, 2.45) is 0 Å². The fourth-order valence-corrected chi connectivity index (χ4v) is 1.68. The van der Waals surface area contributed by atoms with E-state index >= 15 is 0 Å². The van der Waals surface area contributed by atoms with E-state index in [0.717, 1.165) is 0 Å². The van der Waals surface area contributed by atoms with Crippen molar-refractivity contribution in [2.75, 3.05) is 0 Å². The Labute approximate surface area is 97.1 Å². The summed E-state index contributed by atoms with van der Waals surface area (Å²) in [5.74, 6) is -0.356. The lowest BCUT2D eigenvalue weighted by Crippen LogP contribution is -1.96. The van der Waals surface area contributed by atoms with Crippen LogP contribution in [-0.2, 0) is 0 Å². The van der Waals surface area contributed by atoms with E-state index in [-0.39, 0.29) is 11.5 Å². The molecule has 2 heterocycles. The van der Waals surface area contributed by atoms with Crippen LogP contribution < -0.4 is 0 Å². The van der Waals surface area contributed by atoms with Crippen LogP contribution in [-0.4, -0.2) is 9.32 Å². The molecule has 0 aliphatic heterocycles. The molecule has 2 rings (SSSR count). The van der Waals surface area contributed by atoms with Crippen LogP contribution in [0.2, 0.25) is 0 Å². The maximum absolute atomic E-state index is 13.1. The predicted molar refractivity (Wildman–Crippen MR) is 62.6 cm³/mol. The molecule has 0 aromatic carbocycles. The first-order valence-corrected chi connectivity index (χ1v) is 5.23. The number of allylic oxidation sites excluding steroid dienone is 1. The number of hydrogen-bond donors (Lipinski definition) is 0. The highest BCUT2D eigenvalue weighted by molar-refractivity contribution is 5.70. The van der Waals surface area contributed by atoms with Crippen LogP contribution in [0, 0.1) is 15.9 Å². The molecule has 5 heteroatoms. The third kappa shape index (κ3) is 2.18. The average molecular weight is 234 g/mol. The number of pyridine rings is 1. The Morgan fingerprint density at radius 1 is 1.53 bits per heavy atom. The molecule has 0 radical (unpaired) electrons. The van der Waals surface area contributed by atoms with Crippen LogP contribution in [0.15, 0.2) is 36.3 Å². The number of halogens is 1. The summed E-state index contributed by atoms with van der Waals surface area (Å²) in [4.78, 5) is 10.3. The minimum Gasteiger partial charge on any atom is -0.323 e. The first-order valence-electron chi connectivity index (χ1n) is 5.23. The van der Waals surface area contributed by atoms with E-state index in [1.807, 2.05) is 0 Å². The van der Waals surface area contributed by atoms with Gasteiger partial charge < -0.3 is 4.40 Å². The minimum absolute atomic E-state index is 0.113. The summed E-state index contributed by atoms with van der Waals surface area (Å²) in [7, 11) is 0. The molecule has 2 aromatic heterocycles. The van der Waals surface area contributed by atoms with Crippen LogP contribution in [0.25, 0.3) is 11.6 Å². The number of nitro groups is 1. The van der Waals surface area contributed by atoms with Crippen LogP contribution in [0.4, 0.5) is 4.39 Å². The molecule has 4 nitrogen and oxygen atoms in total. The van der Waals surface area contributed by atoms with Gasteiger partial charge in [-0.15, -0.1) is 0 Å². The normalized spacial score (nSPS) is 12.0. The average Bonchev–Trinajstić information content (AvgIpc) is 2.68. The van der Waals surface area contributed by atoms with Gasteiger partial charge in [-0.05, 0) is 18.2 Å². The SMILES string of the molecule is CC/C(=C\c1ccn2ccc(F)cc12)[N+](=O)[O-]. The second-order valence-corrected chi connectivity index (χ2v) is 3.65. The van der Waals surface area contributed by atoms with Crippen molar-refractivity contribution in [2.45, 2.75) is 13.3 Å². The van der Waals surface area contributed by atoms with Gasteiger partial charge in [-0.1, -0.05) is 6.92 Å². The molecule has 0 unspecified atom stereocenters. The van der Waals surface area contributed by atoms with Gasteiger partial charge in [0.25, 0.3) is 0 Å². The van der Waals surface area contributed by atoms with Gasteiger partial charge in [0.15, 0.2) is 0 Å². The Bertz CT molecular complexity index is 602. The smallest absolute Gasteiger partial charge is 0.246 e. The van der Waals surface area contributed by atoms with Gasteiger partial charge in [-0.25, -0.2) is 4.39 Å². The second-order valence-electron chi connectivity index (χ2n) is 3.65. The molecule has 88 valence electrons. The Balaban J connectivity index is 2.56. The molecule has 2 aromatic rings. The number of aromatic nitrogens is 1. The van der Waals surface area contributed by atoms with Crippen molar-refractivity contribution in [3.05, 3.63) is 57.8 Å². The van der Waals surface area contributed by atoms with E-state index in [4.69, 9.17) is 0 Å². The molecule has 0 fully saturated rings. The summed E-state index contributed by atoms with van der Waals surface area (Å²) in [6.07, 6.45) is 5.14. The van der Waals surface area contributed by atoms with Crippen molar-refractivity contribution in [3.63, 3.8) is 0 Å². The van der Waals surface area contributed by atoms with Crippen molar-refractivity contribution in [1.29, 1.82) is 0 Å². The number of rotatable bonds is 3. The Morgan fingerprint density at radius 2 is 2.24 bits per heavy atom.